The largest absolute Gasteiger partial charge is 0.411 e. The first kappa shape index (κ1) is 11.8. The van der Waals surface area contributed by atoms with Gasteiger partial charge in [0.2, 0.25) is 0 Å². The third-order valence-electron chi connectivity index (χ3n) is 2.57. The summed E-state index contributed by atoms with van der Waals surface area (Å²) in [4.78, 5) is 1.61. The van der Waals surface area contributed by atoms with Crippen molar-refractivity contribution in [1.82, 2.24) is 0 Å². The molecule has 0 saturated carbocycles. The number of rotatable bonds is 2. The molecule has 0 radical (unpaired) electrons. The number of oxime groups is 1. The van der Waals surface area contributed by atoms with Gasteiger partial charge in [0.15, 0.2) is 0 Å². The first-order chi connectivity index (χ1) is 8.22. The Labute approximate surface area is 97.1 Å². The highest BCUT2D eigenvalue weighted by molar-refractivity contribution is 5.80. The summed E-state index contributed by atoms with van der Waals surface area (Å²) in [5, 5.41) is 11.1. The van der Waals surface area contributed by atoms with Crippen LogP contribution in [0.5, 0.6) is 0 Å². The Bertz CT molecular complexity index is 408. The topological polar surface area (TPSA) is 45.1 Å². The van der Waals surface area contributed by atoms with Crippen LogP contribution in [0.3, 0.4) is 0 Å². The number of hydrogen-bond acceptors (Lipinski definition) is 4. The molecule has 2 rings (SSSR count). The van der Waals surface area contributed by atoms with Crippen molar-refractivity contribution < 1.29 is 18.7 Å². The molecular formula is C11H12F2N2O2. The molecule has 0 spiro atoms. The zero-order chi connectivity index (χ0) is 12.3. The lowest BCUT2D eigenvalue weighted by Gasteiger charge is -2.29. The Morgan fingerprint density at radius 3 is 2.35 bits per heavy atom. The Balaban J connectivity index is 2.33. The monoisotopic (exact) mass is 242 g/mol. The van der Waals surface area contributed by atoms with E-state index in [1.807, 2.05) is 0 Å². The number of morpholine rings is 1. The molecule has 0 bridgehead atoms. The standard InChI is InChI=1S/C11H12F2N2O2/c12-9-5-8(7-14-16)6-10(13)11(9)15-1-3-17-4-2-15/h5-7,16H,1-4H2/b14-7-. The number of hydrogen-bond donors (Lipinski definition) is 1. The van der Waals surface area contributed by atoms with Crippen LogP contribution in [0.2, 0.25) is 0 Å². The third kappa shape index (κ3) is 2.52. The molecule has 17 heavy (non-hydrogen) atoms. The van der Waals surface area contributed by atoms with Gasteiger partial charge in [0.05, 0.1) is 19.4 Å². The molecule has 1 fully saturated rings. The summed E-state index contributed by atoms with van der Waals surface area (Å²) >= 11 is 0. The zero-order valence-corrected chi connectivity index (χ0v) is 9.07. The van der Waals surface area contributed by atoms with Gasteiger partial charge in [-0.2, -0.15) is 0 Å². The van der Waals surface area contributed by atoms with Crippen molar-refractivity contribution in [2.75, 3.05) is 31.2 Å². The predicted molar refractivity (Wildman–Crippen MR) is 58.8 cm³/mol. The molecule has 92 valence electrons. The van der Waals surface area contributed by atoms with Crippen LogP contribution in [0, 0.1) is 11.6 Å². The van der Waals surface area contributed by atoms with Crippen molar-refractivity contribution in [3.8, 4) is 0 Å². The van der Waals surface area contributed by atoms with Crippen LogP contribution in [-0.4, -0.2) is 37.7 Å². The van der Waals surface area contributed by atoms with Gasteiger partial charge in [0, 0.05) is 18.7 Å². The van der Waals surface area contributed by atoms with Gasteiger partial charge in [0.25, 0.3) is 0 Å². The van der Waals surface area contributed by atoms with Gasteiger partial charge in [-0.1, -0.05) is 5.16 Å². The first-order valence-corrected chi connectivity index (χ1v) is 5.21. The normalized spacial score (nSPS) is 16.7. The lowest BCUT2D eigenvalue weighted by Crippen LogP contribution is -2.37. The van der Waals surface area contributed by atoms with Gasteiger partial charge in [-0.3, -0.25) is 0 Å². The lowest BCUT2D eigenvalue weighted by molar-refractivity contribution is 0.122. The lowest BCUT2D eigenvalue weighted by atomic mass is 10.1. The average molecular weight is 242 g/mol. The van der Waals surface area contributed by atoms with Crippen molar-refractivity contribution in [2.45, 2.75) is 0 Å². The molecular weight excluding hydrogens is 230 g/mol. The Morgan fingerprint density at radius 1 is 1.24 bits per heavy atom. The van der Waals surface area contributed by atoms with Crippen molar-refractivity contribution in [2.24, 2.45) is 5.16 Å². The van der Waals surface area contributed by atoms with E-state index in [0.717, 1.165) is 18.3 Å². The molecule has 1 heterocycles. The summed E-state index contributed by atoms with van der Waals surface area (Å²) in [7, 11) is 0. The summed E-state index contributed by atoms with van der Waals surface area (Å²) in [6.45, 7) is 1.83. The molecule has 0 unspecified atom stereocenters. The van der Waals surface area contributed by atoms with E-state index in [4.69, 9.17) is 9.94 Å². The average Bonchev–Trinajstić information content (AvgIpc) is 2.30. The molecule has 6 heteroatoms. The molecule has 0 aromatic heterocycles. The van der Waals surface area contributed by atoms with E-state index in [-0.39, 0.29) is 11.3 Å². The highest BCUT2D eigenvalue weighted by Gasteiger charge is 2.19. The van der Waals surface area contributed by atoms with E-state index in [9.17, 15) is 8.78 Å². The minimum absolute atomic E-state index is 0.0524. The van der Waals surface area contributed by atoms with Gasteiger partial charge < -0.3 is 14.8 Å². The van der Waals surface area contributed by atoms with Gasteiger partial charge in [0.1, 0.15) is 17.3 Å². The van der Waals surface area contributed by atoms with Gasteiger partial charge >= 0.3 is 0 Å². The fourth-order valence-electron chi connectivity index (χ4n) is 1.82. The van der Waals surface area contributed by atoms with E-state index in [0.29, 0.717) is 26.3 Å². The first-order valence-electron chi connectivity index (χ1n) is 5.21. The van der Waals surface area contributed by atoms with Gasteiger partial charge in [-0.05, 0) is 12.1 Å². The molecule has 0 aliphatic carbocycles. The molecule has 1 saturated heterocycles. The summed E-state index contributed by atoms with van der Waals surface area (Å²) in [6, 6.07) is 2.27. The molecule has 1 aliphatic rings. The van der Waals surface area contributed by atoms with Gasteiger partial charge in [-0.25, -0.2) is 8.78 Å². The van der Waals surface area contributed by atoms with Crippen LogP contribution in [0.1, 0.15) is 5.56 Å². The van der Waals surface area contributed by atoms with E-state index >= 15 is 0 Å². The Morgan fingerprint density at radius 2 is 1.82 bits per heavy atom. The van der Waals surface area contributed by atoms with Crippen LogP contribution in [0.25, 0.3) is 0 Å². The smallest absolute Gasteiger partial charge is 0.150 e. The van der Waals surface area contributed by atoms with Crippen LogP contribution in [0.15, 0.2) is 17.3 Å². The number of nitrogens with zero attached hydrogens (tertiary/aromatic N) is 2. The SMILES string of the molecule is O/N=C\c1cc(F)c(N2CCOCC2)c(F)c1. The molecule has 0 amide bonds. The second-order valence-corrected chi connectivity index (χ2v) is 3.68. The number of anilines is 1. The van der Waals surface area contributed by atoms with Gasteiger partial charge in [-0.15, -0.1) is 0 Å². The van der Waals surface area contributed by atoms with Crippen molar-refractivity contribution in [3.63, 3.8) is 0 Å². The highest BCUT2D eigenvalue weighted by Crippen LogP contribution is 2.25. The second-order valence-electron chi connectivity index (χ2n) is 3.68. The fraction of sp³-hybridized carbons (Fsp3) is 0.364. The molecule has 1 N–H and O–H groups in total. The van der Waals surface area contributed by atoms with Crippen LogP contribution < -0.4 is 4.90 Å². The Hall–Kier alpha value is -1.69. The zero-order valence-electron chi connectivity index (χ0n) is 9.07. The minimum atomic E-state index is -0.665. The predicted octanol–water partition coefficient (Wildman–Crippen LogP) is 1.61. The molecule has 1 aromatic rings. The molecule has 1 aliphatic heterocycles. The summed E-state index contributed by atoms with van der Waals surface area (Å²) in [5.41, 5.74) is 0.128. The third-order valence-corrected chi connectivity index (χ3v) is 2.57. The summed E-state index contributed by atoms with van der Waals surface area (Å²) in [6.07, 6.45) is 0.981. The summed E-state index contributed by atoms with van der Waals surface area (Å²) < 4.78 is 32.6. The molecule has 4 nitrogen and oxygen atoms in total. The van der Waals surface area contributed by atoms with Crippen molar-refractivity contribution in [1.29, 1.82) is 0 Å². The minimum Gasteiger partial charge on any atom is -0.411 e. The van der Waals surface area contributed by atoms with E-state index in [2.05, 4.69) is 5.16 Å². The highest BCUT2D eigenvalue weighted by atomic mass is 19.1. The number of benzene rings is 1. The summed E-state index contributed by atoms with van der Waals surface area (Å²) in [5.74, 6) is -1.33. The fourth-order valence-corrected chi connectivity index (χ4v) is 1.82. The maximum atomic E-state index is 13.8. The maximum Gasteiger partial charge on any atom is 0.150 e. The van der Waals surface area contributed by atoms with Crippen LogP contribution in [-0.2, 0) is 4.74 Å². The molecule has 1 aromatic carbocycles. The van der Waals surface area contributed by atoms with Crippen molar-refractivity contribution >= 4 is 11.9 Å². The molecule has 0 atom stereocenters. The van der Waals surface area contributed by atoms with Crippen LogP contribution >= 0.6 is 0 Å². The van der Waals surface area contributed by atoms with E-state index < -0.39 is 11.6 Å². The quantitative estimate of drug-likeness (QED) is 0.487. The van der Waals surface area contributed by atoms with Crippen LogP contribution in [0.4, 0.5) is 14.5 Å². The number of ether oxygens (including phenoxy) is 1. The number of halogens is 2. The van der Waals surface area contributed by atoms with Crippen molar-refractivity contribution in [3.05, 3.63) is 29.3 Å². The Kier molecular flexibility index (Phi) is 3.53. The maximum absolute atomic E-state index is 13.8. The second kappa shape index (κ2) is 5.09. The van der Waals surface area contributed by atoms with E-state index in [1.54, 1.807) is 4.90 Å². The van der Waals surface area contributed by atoms with E-state index in [1.165, 1.54) is 0 Å².